The van der Waals surface area contributed by atoms with Gasteiger partial charge < -0.3 is 9.64 Å². The summed E-state index contributed by atoms with van der Waals surface area (Å²) in [4.78, 5) is 28.5. The zero-order valence-corrected chi connectivity index (χ0v) is 16.5. The molecule has 4 aromatic rings. The molecule has 2 aromatic heterocycles. The van der Waals surface area contributed by atoms with Crippen molar-refractivity contribution in [1.82, 2.24) is 15.0 Å². The standard InChI is InChI=1S/C21H18N4O3S/c1-28-16-10-8-15(9-11-16)24(13-17-5-4-12-29-17)20(26)14-25-21(27)18-6-2-3-7-19(18)22-23-25/h2-12H,13-14H2,1H3. The lowest BCUT2D eigenvalue weighted by Gasteiger charge is -2.22. The quantitative estimate of drug-likeness (QED) is 0.492. The van der Waals surface area contributed by atoms with Crippen LogP contribution in [0.3, 0.4) is 0 Å². The van der Waals surface area contributed by atoms with Crippen LogP contribution in [0.2, 0.25) is 0 Å². The molecule has 0 radical (unpaired) electrons. The van der Waals surface area contributed by atoms with Gasteiger partial charge in [0.1, 0.15) is 17.8 Å². The predicted octanol–water partition coefficient (Wildman–Crippen LogP) is 3.10. The van der Waals surface area contributed by atoms with Crippen molar-refractivity contribution in [1.29, 1.82) is 0 Å². The molecule has 0 aliphatic carbocycles. The molecule has 1 amide bonds. The minimum atomic E-state index is -0.338. The van der Waals surface area contributed by atoms with Crippen LogP contribution in [0.15, 0.2) is 70.8 Å². The molecule has 0 aliphatic rings. The summed E-state index contributed by atoms with van der Waals surface area (Å²) < 4.78 is 6.31. The van der Waals surface area contributed by atoms with Crippen molar-refractivity contribution < 1.29 is 9.53 Å². The summed E-state index contributed by atoms with van der Waals surface area (Å²) in [6.07, 6.45) is 0. The number of hydrogen-bond acceptors (Lipinski definition) is 6. The predicted molar refractivity (Wildman–Crippen MR) is 112 cm³/mol. The van der Waals surface area contributed by atoms with E-state index in [0.717, 1.165) is 9.56 Å². The van der Waals surface area contributed by atoms with Gasteiger partial charge in [-0.3, -0.25) is 9.59 Å². The van der Waals surface area contributed by atoms with Gasteiger partial charge in [0.2, 0.25) is 5.91 Å². The van der Waals surface area contributed by atoms with E-state index in [1.165, 1.54) is 0 Å². The molecule has 146 valence electrons. The number of carbonyl (C=O) groups is 1. The average molecular weight is 406 g/mol. The largest absolute Gasteiger partial charge is 0.497 e. The van der Waals surface area contributed by atoms with Gasteiger partial charge in [0.25, 0.3) is 5.56 Å². The van der Waals surface area contributed by atoms with Crippen molar-refractivity contribution >= 4 is 33.8 Å². The van der Waals surface area contributed by atoms with Gasteiger partial charge in [0, 0.05) is 10.6 Å². The van der Waals surface area contributed by atoms with Gasteiger partial charge in [0.15, 0.2) is 0 Å². The van der Waals surface area contributed by atoms with Crippen molar-refractivity contribution in [3.05, 3.63) is 81.3 Å². The van der Waals surface area contributed by atoms with Gasteiger partial charge in [0.05, 0.1) is 19.0 Å². The number of rotatable bonds is 6. The molecule has 29 heavy (non-hydrogen) atoms. The Morgan fingerprint density at radius 1 is 1.10 bits per heavy atom. The first-order valence-electron chi connectivity index (χ1n) is 8.95. The summed E-state index contributed by atoms with van der Waals surface area (Å²) in [6.45, 7) is 0.201. The number of aromatic nitrogens is 3. The number of thiophene rings is 1. The molecule has 0 unspecified atom stereocenters. The minimum absolute atomic E-state index is 0.200. The third-order valence-corrected chi connectivity index (χ3v) is 5.35. The van der Waals surface area contributed by atoms with E-state index in [1.807, 2.05) is 29.6 Å². The number of anilines is 1. The van der Waals surface area contributed by atoms with Crippen LogP contribution in [0.4, 0.5) is 5.69 Å². The second-order valence-corrected chi connectivity index (χ2v) is 7.36. The highest BCUT2D eigenvalue weighted by molar-refractivity contribution is 7.09. The monoisotopic (exact) mass is 406 g/mol. The summed E-state index contributed by atoms with van der Waals surface area (Å²) in [7, 11) is 1.59. The van der Waals surface area contributed by atoms with Crippen LogP contribution in [0.25, 0.3) is 10.9 Å². The maximum atomic E-state index is 13.2. The van der Waals surface area contributed by atoms with E-state index in [0.29, 0.717) is 28.9 Å². The van der Waals surface area contributed by atoms with Gasteiger partial charge in [-0.25, -0.2) is 4.68 Å². The average Bonchev–Trinajstić information content (AvgIpc) is 3.27. The second kappa shape index (κ2) is 8.24. The summed E-state index contributed by atoms with van der Waals surface area (Å²) in [5.41, 5.74) is 0.882. The number of methoxy groups -OCH3 is 1. The summed E-state index contributed by atoms with van der Waals surface area (Å²) in [5.74, 6) is 0.448. The number of benzene rings is 2. The van der Waals surface area contributed by atoms with Crippen LogP contribution in [-0.4, -0.2) is 28.0 Å². The van der Waals surface area contributed by atoms with Gasteiger partial charge in [-0.1, -0.05) is 23.4 Å². The molecule has 0 saturated carbocycles. The van der Waals surface area contributed by atoms with E-state index < -0.39 is 0 Å². The fraction of sp³-hybridized carbons (Fsp3) is 0.143. The van der Waals surface area contributed by atoms with Crippen LogP contribution in [0.1, 0.15) is 4.88 Å². The van der Waals surface area contributed by atoms with Crippen molar-refractivity contribution in [2.24, 2.45) is 0 Å². The van der Waals surface area contributed by atoms with Crippen molar-refractivity contribution in [3.63, 3.8) is 0 Å². The minimum Gasteiger partial charge on any atom is -0.497 e. The molecule has 2 aromatic carbocycles. The molecule has 0 atom stereocenters. The van der Waals surface area contributed by atoms with Gasteiger partial charge >= 0.3 is 0 Å². The van der Waals surface area contributed by atoms with Crippen LogP contribution < -0.4 is 15.2 Å². The Labute approximate surface area is 170 Å². The van der Waals surface area contributed by atoms with Crippen LogP contribution in [0.5, 0.6) is 5.75 Å². The number of fused-ring (bicyclic) bond motifs is 1. The summed E-state index contributed by atoms with van der Waals surface area (Å²) in [5, 5.41) is 10.4. The lowest BCUT2D eigenvalue weighted by atomic mass is 10.2. The van der Waals surface area contributed by atoms with Crippen LogP contribution >= 0.6 is 11.3 Å². The smallest absolute Gasteiger partial charge is 0.278 e. The SMILES string of the molecule is COc1ccc(N(Cc2cccs2)C(=O)Cn2nnc3ccccc3c2=O)cc1. The molecular formula is C21H18N4O3S. The number of ether oxygens (including phenoxy) is 1. The van der Waals surface area contributed by atoms with E-state index in [2.05, 4.69) is 10.3 Å². The van der Waals surface area contributed by atoms with Crippen molar-refractivity contribution in [2.45, 2.75) is 13.1 Å². The summed E-state index contributed by atoms with van der Waals surface area (Å²) >= 11 is 1.57. The van der Waals surface area contributed by atoms with E-state index >= 15 is 0 Å². The first kappa shape index (κ1) is 18.8. The Kier molecular flexibility index (Phi) is 5.35. The Morgan fingerprint density at radius 3 is 2.62 bits per heavy atom. The van der Waals surface area contributed by atoms with Crippen LogP contribution in [-0.2, 0) is 17.9 Å². The zero-order valence-electron chi connectivity index (χ0n) is 15.7. The maximum absolute atomic E-state index is 13.2. The lowest BCUT2D eigenvalue weighted by molar-refractivity contribution is -0.119. The highest BCUT2D eigenvalue weighted by Gasteiger charge is 2.19. The number of amides is 1. The molecule has 7 nitrogen and oxygen atoms in total. The van der Waals surface area contributed by atoms with E-state index in [9.17, 15) is 9.59 Å². The van der Waals surface area contributed by atoms with Gasteiger partial charge in [-0.2, -0.15) is 0 Å². The molecule has 2 heterocycles. The topological polar surface area (TPSA) is 77.3 Å². The molecule has 4 rings (SSSR count). The molecule has 0 bridgehead atoms. The third kappa shape index (κ3) is 4.02. The number of hydrogen-bond donors (Lipinski definition) is 0. The maximum Gasteiger partial charge on any atom is 0.278 e. The Balaban J connectivity index is 1.65. The fourth-order valence-electron chi connectivity index (χ4n) is 2.98. The summed E-state index contributed by atoms with van der Waals surface area (Å²) in [6, 6.07) is 18.1. The normalized spacial score (nSPS) is 10.8. The van der Waals surface area contributed by atoms with E-state index in [1.54, 1.807) is 59.7 Å². The fourth-order valence-corrected chi connectivity index (χ4v) is 3.68. The van der Waals surface area contributed by atoms with Gasteiger partial charge in [-0.05, 0) is 47.8 Å². The van der Waals surface area contributed by atoms with E-state index in [-0.39, 0.29) is 18.0 Å². The molecule has 0 saturated heterocycles. The molecule has 8 heteroatoms. The first-order valence-corrected chi connectivity index (χ1v) is 9.83. The highest BCUT2D eigenvalue weighted by Crippen LogP contribution is 2.23. The number of nitrogens with zero attached hydrogens (tertiary/aromatic N) is 4. The Morgan fingerprint density at radius 2 is 1.90 bits per heavy atom. The van der Waals surface area contributed by atoms with E-state index in [4.69, 9.17) is 4.74 Å². The molecule has 0 N–H and O–H groups in total. The first-order chi connectivity index (χ1) is 14.2. The molecule has 0 spiro atoms. The Hall–Kier alpha value is -3.52. The van der Waals surface area contributed by atoms with Crippen molar-refractivity contribution in [2.75, 3.05) is 12.0 Å². The molecular weight excluding hydrogens is 388 g/mol. The van der Waals surface area contributed by atoms with Crippen LogP contribution in [0, 0.1) is 0 Å². The third-order valence-electron chi connectivity index (χ3n) is 4.49. The Bertz CT molecular complexity index is 1190. The number of carbonyl (C=O) groups excluding carboxylic acids is 1. The highest BCUT2D eigenvalue weighted by atomic mass is 32.1. The second-order valence-electron chi connectivity index (χ2n) is 6.33. The molecule has 0 aliphatic heterocycles. The van der Waals surface area contributed by atoms with Gasteiger partial charge in [-0.15, -0.1) is 16.4 Å². The molecule has 0 fully saturated rings. The lowest BCUT2D eigenvalue weighted by Crippen LogP contribution is -2.37. The zero-order chi connectivity index (χ0) is 20.2. The van der Waals surface area contributed by atoms with Crippen molar-refractivity contribution in [3.8, 4) is 5.75 Å².